The van der Waals surface area contributed by atoms with E-state index in [1.54, 1.807) is 24.0 Å². The first-order chi connectivity index (χ1) is 27.4. The molecule has 0 unspecified atom stereocenters. The lowest BCUT2D eigenvalue weighted by Gasteiger charge is -2.16. The summed E-state index contributed by atoms with van der Waals surface area (Å²) in [7, 11) is 0. The second-order valence-electron chi connectivity index (χ2n) is 14.8. The molecule has 0 atom stereocenters. The molecular weight excluding hydrogens is 697 g/mol. The van der Waals surface area contributed by atoms with Crippen molar-refractivity contribution in [3.05, 3.63) is 78.8 Å². The van der Waals surface area contributed by atoms with Crippen molar-refractivity contribution in [2.75, 3.05) is 13.2 Å². The minimum atomic E-state index is -0.198. The number of rotatable bonds is 22. The van der Waals surface area contributed by atoms with Gasteiger partial charge in [-0.05, 0) is 61.9 Å². The van der Waals surface area contributed by atoms with Gasteiger partial charge < -0.3 is 9.47 Å². The van der Waals surface area contributed by atoms with E-state index in [1.165, 1.54) is 96.3 Å². The average Bonchev–Trinajstić information content (AvgIpc) is 3.68. The Kier molecular flexibility index (Phi) is 23.3. The predicted octanol–water partition coefficient (Wildman–Crippen LogP) is 13.1. The monoisotopic (exact) mass is 767 g/mol. The second kappa shape index (κ2) is 28.3. The topological polar surface area (TPSA) is 96.2 Å². The van der Waals surface area contributed by atoms with Crippen LogP contribution in [-0.4, -0.2) is 44.7 Å². The molecule has 1 aliphatic rings. The third kappa shape index (κ3) is 17.7. The van der Waals surface area contributed by atoms with Gasteiger partial charge in [0.05, 0.1) is 11.4 Å². The van der Waals surface area contributed by atoms with Gasteiger partial charge in [-0.2, -0.15) is 5.10 Å². The van der Waals surface area contributed by atoms with Crippen LogP contribution in [0.1, 0.15) is 161 Å². The Hall–Kier alpha value is -4.17. The van der Waals surface area contributed by atoms with E-state index in [1.807, 2.05) is 74.6 Å². The number of carbonyl (C=O) groups excluding carboxylic acids is 2. The van der Waals surface area contributed by atoms with Crippen molar-refractivity contribution in [1.29, 1.82) is 0 Å². The molecule has 0 spiro atoms. The molecule has 4 heterocycles. The Balaban J connectivity index is 0.000000829. The number of esters is 1. The van der Waals surface area contributed by atoms with Crippen LogP contribution in [0.3, 0.4) is 0 Å². The molecule has 0 bridgehead atoms. The van der Waals surface area contributed by atoms with Gasteiger partial charge >= 0.3 is 5.97 Å². The number of hydrogen-bond acceptors (Lipinski definition) is 7. The molecule has 56 heavy (non-hydrogen) atoms. The summed E-state index contributed by atoms with van der Waals surface area (Å²) in [6, 6.07) is 17.1. The van der Waals surface area contributed by atoms with Crippen LogP contribution < -0.4 is 0 Å². The van der Waals surface area contributed by atoms with E-state index in [2.05, 4.69) is 23.8 Å². The quantitative estimate of drug-likeness (QED) is 0.0446. The highest BCUT2D eigenvalue weighted by Crippen LogP contribution is 2.32. The summed E-state index contributed by atoms with van der Waals surface area (Å²) in [5.41, 5.74) is 5.58. The molecule has 8 nitrogen and oxygen atoms in total. The fourth-order valence-corrected chi connectivity index (χ4v) is 6.69. The van der Waals surface area contributed by atoms with E-state index in [-0.39, 0.29) is 18.5 Å². The van der Waals surface area contributed by atoms with Gasteiger partial charge in [0.1, 0.15) is 5.69 Å². The van der Waals surface area contributed by atoms with Crippen LogP contribution in [0.15, 0.2) is 73.2 Å². The van der Waals surface area contributed by atoms with E-state index < -0.39 is 0 Å². The molecule has 1 saturated heterocycles. The molecule has 0 radical (unpaired) electrons. The van der Waals surface area contributed by atoms with Crippen molar-refractivity contribution >= 4 is 11.8 Å². The highest BCUT2D eigenvalue weighted by Gasteiger charge is 2.16. The van der Waals surface area contributed by atoms with Crippen molar-refractivity contribution < 1.29 is 19.1 Å². The van der Waals surface area contributed by atoms with E-state index in [0.717, 1.165) is 60.1 Å². The number of carbonyl (C=O) groups is 2. The lowest BCUT2D eigenvalue weighted by Crippen LogP contribution is -2.12. The smallest absolute Gasteiger partial charge is 0.307 e. The SMILES string of the molecule is CC.CC1CCOCC1.CCCCCCCCCCCCCCCCCC(=O)OCn1cc(-c2ccnc(-c3ccc(C(C)=O)cc3)c2)c(-c2ccccn2)n1. The van der Waals surface area contributed by atoms with Crippen molar-refractivity contribution in [2.45, 2.75) is 157 Å². The first-order valence-electron chi connectivity index (χ1n) is 21.7. The molecule has 0 aliphatic carbocycles. The third-order valence-corrected chi connectivity index (χ3v) is 10.2. The molecular formula is C48H70N4O4. The number of benzene rings is 1. The maximum atomic E-state index is 12.5. The summed E-state index contributed by atoms with van der Waals surface area (Å²) in [5, 5.41) is 4.76. The zero-order valence-electron chi connectivity index (χ0n) is 35.3. The molecule has 1 fully saturated rings. The zero-order chi connectivity index (χ0) is 40.2. The maximum Gasteiger partial charge on any atom is 0.307 e. The first kappa shape index (κ1) is 46.2. The number of Topliss-reactive ketones (excluding diaryl/α,β-unsaturated/α-hetero) is 1. The Morgan fingerprint density at radius 1 is 0.732 bits per heavy atom. The summed E-state index contributed by atoms with van der Waals surface area (Å²) in [6.45, 7) is 12.1. The van der Waals surface area contributed by atoms with Gasteiger partial charge in [0, 0.05) is 54.9 Å². The summed E-state index contributed by atoms with van der Waals surface area (Å²) < 4.78 is 12.4. The fraction of sp³-hybridized carbons (Fsp3) is 0.562. The summed E-state index contributed by atoms with van der Waals surface area (Å²) in [5.74, 6) is 0.742. The van der Waals surface area contributed by atoms with Crippen molar-refractivity contribution in [3.8, 4) is 33.8 Å². The van der Waals surface area contributed by atoms with Crippen LogP contribution in [0.5, 0.6) is 0 Å². The van der Waals surface area contributed by atoms with Crippen LogP contribution in [0, 0.1) is 5.92 Å². The van der Waals surface area contributed by atoms with Gasteiger partial charge in [0.15, 0.2) is 12.5 Å². The van der Waals surface area contributed by atoms with E-state index >= 15 is 0 Å². The first-order valence-corrected chi connectivity index (χ1v) is 21.7. The van der Waals surface area contributed by atoms with Gasteiger partial charge in [-0.15, -0.1) is 0 Å². The highest BCUT2D eigenvalue weighted by molar-refractivity contribution is 5.94. The minimum Gasteiger partial charge on any atom is -0.442 e. The average molecular weight is 767 g/mol. The highest BCUT2D eigenvalue weighted by atomic mass is 16.5. The number of ketones is 1. The normalized spacial score (nSPS) is 12.6. The molecule has 306 valence electrons. The van der Waals surface area contributed by atoms with Gasteiger partial charge in [-0.25, -0.2) is 4.68 Å². The van der Waals surface area contributed by atoms with Crippen molar-refractivity contribution in [3.63, 3.8) is 0 Å². The Morgan fingerprint density at radius 3 is 1.86 bits per heavy atom. The third-order valence-electron chi connectivity index (χ3n) is 10.2. The van der Waals surface area contributed by atoms with E-state index in [4.69, 9.17) is 14.6 Å². The molecule has 0 amide bonds. The molecule has 8 heteroatoms. The zero-order valence-corrected chi connectivity index (χ0v) is 35.3. The largest absolute Gasteiger partial charge is 0.442 e. The molecule has 1 aliphatic heterocycles. The molecule has 0 N–H and O–H groups in total. The van der Waals surface area contributed by atoms with Crippen LogP contribution in [0.25, 0.3) is 33.8 Å². The van der Waals surface area contributed by atoms with Gasteiger partial charge in [-0.3, -0.25) is 19.6 Å². The maximum absolute atomic E-state index is 12.5. The number of nitrogens with zero attached hydrogens (tertiary/aromatic N) is 4. The molecule has 1 aromatic carbocycles. The molecule has 4 aromatic rings. The lowest BCUT2D eigenvalue weighted by molar-refractivity contribution is -0.148. The summed E-state index contributed by atoms with van der Waals surface area (Å²) >= 11 is 0. The minimum absolute atomic E-state index is 0.0289. The van der Waals surface area contributed by atoms with E-state index in [9.17, 15) is 9.59 Å². The van der Waals surface area contributed by atoms with Crippen molar-refractivity contribution in [2.24, 2.45) is 5.92 Å². The molecule has 5 rings (SSSR count). The van der Waals surface area contributed by atoms with Crippen LogP contribution >= 0.6 is 0 Å². The molecule has 3 aromatic heterocycles. The summed E-state index contributed by atoms with van der Waals surface area (Å²) in [6.07, 6.45) is 27.8. The number of ether oxygens (including phenoxy) is 2. The number of aromatic nitrogens is 4. The van der Waals surface area contributed by atoms with Gasteiger partial charge in [-0.1, -0.05) is 148 Å². The van der Waals surface area contributed by atoms with Gasteiger partial charge in [0.25, 0.3) is 0 Å². The van der Waals surface area contributed by atoms with Crippen molar-refractivity contribution in [1.82, 2.24) is 19.7 Å². The van der Waals surface area contributed by atoms with E-state index in [0.29, 0.717) is 17.7 Å². The number of hydrogen-bond donors (Lipinski definition) is 0. The lowest BCUT2D eigenvalue weighted by atomic mass is 10.0. The summed E-state index contributed by atoms with van der Waals surface area (Å²) in [4.78, 5) is 33.3. The Bertz CT molecular complexity index is 1630. The second-order valence-corrected chi connectivity index (χ2v) is 14.8. The van der Waals surface area contributed by atoms with Gasteiger partial charge in [0.2, 0.25) is 0 Å². The number of unbranched alkanes of at least 4 members (excludes halogenated alkanes) is 14. The van der Waals surface area contributed by atoms with Crippen LogP contribution in [0.4, 0.5) is 0 Å². The standard InChI is InChI=1S/C40H52N4O3.C6H12O.C2H6/c1-3-4-5-6-7-8-9-10-11-12-13-14-15-16-17-21-39(46)47-31-44-30-36(40(43-44)37-20-18-19-27-41-37)35-26-28-42-38(29-35)34-24-22-33(23-25-34)32(2)45;1-6-2-4-7-5-3-6;1-2/h18-20,22-30H,3-17,21,31H2,1-2H3;6H,2-5H2,1H3;1-2H3. The van der Waals surface area contributed by atoms with Crippen LogP contribution in [-0.2, 0) is 21.0 Å². The van der Waals surface area contributed by atoms with Crippen LogP contribution in [0.2, 0.25) is 0 Å². The number of pyridine rings is 2. The molecule has 0 saturated carbocycles. The fourth-order valence-electron chi connectivity index (χ4n) is 6.69. The predicted molar refractivity (Wildman–Crippen MR) is 230 cm³/mol. The Labute approximate surface area is 338 Å². The Morgan fingerprint density at radius 2 is 1.32 bits per heavy atom.